The Bertz CT molecular complexity index is 1260. The van der Waals surface area contributed by atoms with Crippen molar-refractivity contribution in [3.05, 3.63) is 63.8 Å². The molecular weight excluding hydrogens is 500 g/mol. The molecule has 0 radical (unpaired) electrons. The van der Waals surface area contributed by atoms with Crippen molar-refractivity contribution < 1.29 is 14.3 Å². The Kier molecular flexibility index (Phi) is 4.76. The number of hydrogen-bond donors (Lipinski definition) is 1. The lowest BCUT2D eigenvalue weighted by atomic mass is 10.2. The maximum atomic E-state index is 14.0. The van der Waals surface area contributed by atoms with Crippen LogP contribution in [-0.4, -0.2) is 35.2 Å². The number of carbonyl (C=O) groups is 1. The number of hydrogen-bond acceptors (Lipinski definition) is 4. The molecule has 3 heterocycles. The molecule has 0 atom stereocenters. The van der Waals surface area contributed by atoms with Gasteiger partial charge in [0.05, 0.1) is 45.3 Å². The standard InChI is InChI=1S/C21H17FIN5O2/c22-16-6-18-19(7-17(16)23)28(15-3-4-15)21(26-18)12-1-2-13(24-8-12)9-27-10-14(25-11-27)5-20(29)30/h1-2,6-8,10-11,15H,3-5,9H2,(H,29,30). The second kappa shape index (κ2) is 7.46. The molecule has 30 heavy (non-hydrogen) atoms. The first-order valence-corrected chi connectivity index (χ1v) is 10.6. The van der Waals surface area contributed by atoms with Crippen molar-refractivity contribution in [2.75, 3.05) is 0 Å². The van der Waals surface area contributed by atoms with Crippen LogP contribution >= 0.6 is 22.6 Å². The van der Waals surface area contributed by atoms with Crippen LogP contribution in [0.3, 0.4) is 0 Å². The maximum Gasteiger partial charge on any atom is 0.309 e. The van der Waals surface area contributed by atoms with Gasteiger partial charge in [0.25, 0.3) is 0 Å². The summed E-state index contributed by atoms with van der Waals surface area (Å²) in [4.78, 5) is 24.2. The van der Waals surface area contributed by atoms with Crippen molar-refractivity contribution in [2.45, 2.75) is 31.8 Å². The molecule has 1 fully saturated rings. The third-order valence-electron chi connectivity index (χ3n) is 5.09. The second-order valence-corrected chi connectivity index (χ2v) is 8.60. The summed E-state index contributed by atoms with van der Waals surface area (Å²) in [5, 5.41) is 8.86. The van der Waals surface area contributed by atoms with Crippen molar-refractivity contribution in [1.82, 2.24) is 24.1 Å². The van der Waals surface area contributed by atoms with Gasteiger partial charge in [-0.05, 0) is 53.6 Å². The van der Waals surface area contributed by atoms with Crippen molar-refractivity contribution in [1.29, 1.82) is 0 Å². The van der Waals surface area contributed by atoms with Crippen LogP contribution in [0.5, 0.6) is 0 Å². The monoisotopic (exact) mass is 517 g/mol. The van der Waals surface area contributed by atoms with Crippen LogP contribution in [0, 0.1) is 9.39 Å². The highest BCUT2D eigenvalue weighted by Crippen LogP contribution is 2.41. The van der Waals surface area contributed by atoms with Crippen LogP contribution in [0.4, 0.5) is 4.39 Å². The van der Waals surface area contributed by atoms with Gasteiger partial charge in [0, 0.05) is 30.1 Å². The van der Waals surface area contributed by atoms with Gasteiger partial charge >= 0.3 is 5.97 Å². The van der Waals surface area contributed by atoms with E-state index < -0.39 is 5.97 Å². The summed E-state index contributed by atoms with van der Waals surface area (Å²) in [6.07, 6.45) is 7.19. The number of nitrogens with zero attached hydrogens (tertiary/aromatic N) is 5. The normalized spacial score (nSPS) is 13.8. The molecule has 5 rings (SSSR count). The van der Waals surface area contributed by atoms with E-state index >= 15 is 0 Å². The van der Waals surface area contributed by atoms with E-state index in [1.165, 1.54) is 6.07 Å². The molecule has 152 valence electrons. The fourth-order valence-corrected chi connectivity index (χ4v) is 4.02. The number of halogens is 2. The number of aliphatic carboxylic acids is 1. The Morgan fingerprint density at radius 1 is 1.23 bits per heavy atom. The van der Waals surface area contributed by atoms with Gasteiger partial charge in [-0.2, -0.15) is 0 Å². The number of rotatable bonds is 6. The molecule has 0 amide bonds. The zero-order chi connectivity index (χ0) is 20.8. The van der Waals surface area contributed by atoms with Crippen molar-refractivity contribution in [2.24, 2.45) is 0 Å². The number of aromatic nitrogens is 5. The third kappa shape index (κ3) is 3.69. The van der Waals surface area contributed by atoms with Gasteiger partial charge in [-0.3, -0.25) is 9.78 Å². The molecule has 0 unspecified atom stereocenters. The van der Waals surface area contributed by atoms with Gasteiger partial charge in [-0.15, -0.1) is 0 Å². The molecule has 7 nitrogen and oxygen atoms in total. The Hall–Kier alpha value is -2.82. The number of carboxylic acid groups (broad SMARTS) is 1. The third-order valence-corrected chi connectivity index (χ3v) is 5.92. The average molecular weight is 517 g/mol. The van der Waals surface area contributed by atoms with Crippen molar-refractivity contribution >= 4 is 39.6 Å². The van der Waals surface area contributed by atoms with E-state index in [9.17, 15) is 9.18 Å². The van der Waals surface area contributed by atoms with Crippen LogP contribution < -0.4 is 0 Å². The molecule has 0 spiro atoms. The summed E-state index contributed by atoms with van der Waals surface area (Å²) in [6, 6.07) is 7.64. The predicted molar refractivity (Wildman–Crippen MR) is 117 cm³/mol. The highest BCUT2D eigenvalue weighted by atomic mass is 127. The molecule has 4 aromatic rings. The number of carboxylic acids is 1. The Morgan fingerprint density at radius 3 is 2.77 bits per heavy atom. The van der Waals surface area contributed by atoms with E-state index in [-0.39, 0.29) is 12.2 Å². The predicted octanol–water partition coefficient (Wildman–Crippen LogP) is 4.05. The zero-order valence-electron chi connectivity index (χ0n) is 15.8. The van der Waals surface area contributed by atoms with E-state index in [4.69, 9.17) is 10.1 Å². The Balaban J connectivity index is 1.44. The lowest BCUT2D eigenvalue weighted by molar-refractivity contribution is -0.136. The van der Waals surface area contributed by atoms with E-state index in [2.05, 4.69) is 14.5 Å². The summed E-state index contributed by atoms with van der Waals surface area (Å²) < 4.78 is 18.6. The average Bonchev–Trinajstić information content (AvgIpc) is 3.35. The van der Waals surface area contributed by atoms with Crippen molar-refractivity contribution in [3.8, 4) is 11.4 Å². The minimum absolute atomic E-state index is 0.101. The molecule has 0 saturated heterocycles. The molecule has 1 aromatic carbocycles. The van der Waals surface area contributed by atoms with Crippen LogP contribution in [0.15, 0.2) is 43.0 Å². The smallest absolute Gasteiger partial charge is 0.309 e. The van der Waals surface area contributed by atoms with Gasteiger partial charge in [-0.25, -0.2) is 14.4 Å². The summed E-state index contributed by atoms with van der Waals surface area (Å²) in [6.45, 7) is 0.495. The van der Waals surface area contributed by atoms with Gasteiger partial charge in [0.2, 0.25) is 0 Å². The van der Waals surface area contributed by atoms with Gasteiger partial charge in [0.1, 0.15) is 11.6 Å². The topological polar surface area (TPSA) is 85.8 Å². The first kappa shape index (κ1) is 19.2. The zero-order valence-corrected chi connectivity index (χ0v) is 18.0. The fraction of sp³-hybridized carbons (Fsp3) is 0.238. The van der Waals surface area contributed by atoms with Crippen LogP contribution in [-0.2, 0) is 17.8 Å². The highest BCUT2D eigenvalue weighted by Gasteiger charge is 2.29. The second-order valence-electron chi connectivity index (χ2n) is 7.44. The quantitative estimate of drug-likeness (QED) is 0.391. The molecule has 1 saturated carbocycles. The Morgan fingerprint density at radius 2 is 2.07 bits per heavy atom. The number of benzene rings is 1. The van der Waals surface area contributed by atoms with E-state index in [1.54, 1.807) is 18.7 Å². The lowest BCUT2D eigenvalue weighted by Crippen LogP contribution is -2.02. The fourth-order valence-electron chi connectivity index (χ4n) is 3.57. The van der Waals surface area contributed by atoms with Gasteiger partial charge in [-0.1, -0.05) is 0 Å². The summed E-state index contributed by atoms with van der Waals surface area (Å²) in [7, 11) is 0. The van der Waals surface area contributed by atoms with E-state index in [1.807, 2.05) is 45.4 Å². The van der Waals surface area contributed by atoms with Gasteiger partial charge < -0.3 is 14.2 Å². The first-order chi connectivity index (χ1) is 14.5. The summed E-state index contributed by atoms with van der Waals surface area (Å²) in [5.41, 5.74) is 3.83. The molecule has 1 N–H and O–H groups in total. The molecule has 3 aromatic heterocycles. The minimum Gasteiger partial charge on any atom is -0.481 e. The number of pyridine rings is 1. The van der Waals surface area contributed by atoms with Crippen LogP contribution in [0.2, 0.25) is 0 Å². The molecular formula is C21H17FIN5O2. The summed E-state index contributed by atoms with van der Waals surface area (Å²) >= 11 is 2.01. The van der Waals surface area contributed by atoms with Crippen LogP contribution in [0.25, 0.3) is 22.4 Å². The minimum atomic E-state index is -0.907. The SMILES string of the molecule is O=C(O)Cc1cn(Cc2ccc(-c3nc4cc(F)c(I)cc4n3C3CC3)cn2)cn1. The van der Waals surface area contributed by atoms with E-state index in [0.29, 0.717) is 27.4 Å². The van der Waals surface area contributed by atoms with E-state index in [0.717, 1.165) is 35.4 Å². The van der Waals surface area contributed by atoms with Crippen LogP contribution in [0.1, 0.15) is 30.3 Å². The van der Waals surface area contributed by atoms with Gasteiger partial charge in [0.15, 0.2) is 0 Å². The maximum absolute atomic E-state index is 14.0. The molecule has 1 aliphatic carbocycles. The Labute approximate surface area is 184 Å². The molecule has 0 aliphatic heterocycles. The lowest BCUT2D eigenvalue weighted by Gasteiger charge is -2.09. The molecule has 9 heteroatoms. The van der Waals surface area contributed by atoms with Crippen molar-refractivity contribution in [3.63, 3.8) is 0 Å². The highest BCUT2D eigenvalue weighted by molar-refractivity contribution is 14.1. The number of fused-ring (bicyclic) bond motifs is 1. The molecule has 0 bridgehead atoms. The summed E-state index contributed by atoms with van der Waals surface area (Å²) in [5.74, 6) is -0.360. The molecule has 1 aliphatic rings. The largest absolute Gasteiger partial charge is 0.481 e. The first-order valence-electron chi connectivity index (χ1n) is 9.52. The number of imidazole rings is 2.